The Morgan fingerprint density at radius 1 is 1.10 bits per heavy atom. The summed E-state index contributed by atoms with van der Waals surface area (Å²) < 4.78 is 8.03. The molecule has 0 saturated heterocycles. The number of aryl methyl sites for hydroxylation is 1. The first-order valence-electron chi connectivity index (χ1n) is 10.2. The van der Waals surface area contributed by atoms with E-state index in [2.05, 4.69) is 48.9 Å². The van der Waals surface area contributed by atoms with Crippen molar-refractivity contribution in [1.82, 2.24) is 9.99 Å². The van der Waals surface area contributed by atoms with Gasteiger partial charge in [-0.05, 0) is 37.5 Å². The molecule has 30 heavy (non-hydrogen) atoms. The Balaban J connectivity index is 1.59. The van der Waals surface area contributed by atoms with Crippen LogP contribution in [0.5, 0.6) is 5.75 Å². The van der Waals surface area contributed by atoms with Gasteiger partial charge in [0.1, 0.15) is 5.75 Å². The van der Waals surface area contributed by atoms with Gasteiger partial charge in [-0.15, -0.1) is 0 Å². The molecule has 0 radical (unpaired) electrons. The monoisotopic (exact) mass is 403 g/mol. The van der Waals surface area contributed by atoms with Crippen LogP contribution in [0, 0.1) is 19.8 Å². The molecule has 156 valence electrons. The van der Waals surface area contributed by atoms with Crippen LogP contribution in [0.15, 0.2) is 65.8 Å². The predicted molar refractivity (Wildman–Crippen MR) is 122 cm³/mol. The van der Waals surface area contributed by atoms with Gasteiger partial charge in [-0.1, -0.05) is 62.4 Å². The maximum absolute atomic E-state index is 12.2. The van der Waals surface area contributed by atoms with Gasteiger partial charge in [-0.25, -0.2) is 5.43 Å². The molecule has 1 N–H and O–H groups in total. The highest BCUT2D eigenvalue weighted by Crippen LogP contribution is 2.29. The number of hydrazone groups is 1. The molecule has 0 bridgehead atoms. The van der Waals surface area contributed by atoms with E-state index in [1.165, 1.54) is 5.69 Å². The molecule has 0 saturated carbocycles. The molecule has 0 aliphatic carbocycles. The van der Waals surface area contributed by atoms with Crippen molar-refractivity contribution in [3.8, 4) is 16.9 Å². The molecule has 3 aromatic rings. The maximum atomic E-state index is 12.2. The lowest BCUT2D eigenvalue weighted by atomic mass is 10.1. The van der Waals surface area contributed by atoms with Crippen LogP contribution in [0.3, 0.4) is 0 Å². The van der Waals surface area contributed by atoms with Crippen molar-refractivity contribution < 1.29 is 9.53 Å². The Morgan fingerprint density at radius 2 is 1.80 bits per heavy atom. The van der Waals surface area contributed by atoms with Crippen molar-refractivity contribution in [3.63, 3.8) is 0 Å². The van der Waals surface area contributed by atoms with E-state index in [-0.39, 0.29) is 12.5 Å². The van der Waals surface area contributed by atoms with Crippen LogP contribution in [0.4, 0.5) is 0 Å². The molecule has 0 fully saturated rings. The van der Waals surface area contributed by atoms with Gasteiger partial charge in [-0.3, -0.25) is 4.79 Å². The van der Waals surface area contributed by atoms with Gasteiger partial charge in [0.15, 0.2) is 6.61 Å². The van der Waals surface area contributed by atoms with E-state index < -0.39 is 0 Å². The van der Waals surface area contributed by atoms with Crippen LogP contribution in [-0.2, 0) is 11.3 Å². The minimum Gasteiger partial charge on any atom is -0.483 e. The van der Waals surface area contributed by atoms with Gasteiger partial charge in [-0.2, -0.15) is 5.10 Å². The smallest absolute Gasteiger partial charge is 0.277 e. The second kappa shape index (κ2) is 9.92. The maximum Gasteiger partial charge on any atom is 0.277 e. The minimum absolute atomic E-state index is 0.104. The van der Waals surface area contributed by atoms with Crippen LogP contribution in [0.2, 0.25) is 0 Å². The van der Waals surface area contributed by atoms with Crippen LogP contribution in [-0.4, -0.2) is 23.3 Å². The molecule has 2 aromatic carbocycles. The van der Waals surface area contributed by atoms with Gasteiger partial charge >= 0.3 is 0 Å². The van der Waals surface area contributed by atoms with Crippen molar-refractivity contribution in [3.05, 3.63) is 77.6 Å². The van der Waals surface area contributed by atoms with Gasteiger partial charge in [0.25, 0.3) is 5.91 Å². The summed E-state index contributed by atoms with van der Waals surface area (Å²) in [6.45, 7) is 9.41. The highest BCUT2D eigenvalue weighted by molar-refractivity contribution is 5.84. The van der Waals surface area contributed by atoms with E-state index in [4.69, 9.17) is 4.74 Å². The number of rotatable bonds is 8. The zero-order valence-corrected chi connectivity index (χ0v) is 18.1. The molecule has 1 aromatic heterocycles. The summed E-state index contributed by atoms with van der Waals surface area (Å²) in [5.74, 6) is 0.931. The summed E-state index contributed by atoms with van der Waals surface area (Å²) in [6.07, 6.45) is 1.69. The number of carbonyl (C=O) groups is 1. The SMILES string of the molecule is Cc1cc(/C=N/NC(=O)COc2ccccc2-c2ccccc2)c(C)n1CC(C)C. The van der Waals surface area contributed by atoms with Crippen LogP contribution < -0.4 is 10.2 Å². The fourth-order valence-electron chi connectivity index (χ4n) is 3.40. The summed E-state index contributed by atoms with van der Waals surface area (Å²) in [6, 6.07) is 19.7. The normalized spacial score (nSPS) is 11.2. The van der Waals surface area contributed by atoms with E-state index in [9.17, 15) is 4.79 Å². The molecule has 0 aliphatic heterocycles. The second-order valence-corrected chi connectivity index (χ2v) is 7.77. The quantitative estimate of drug-likeness (QED) is 0.427. The largest absolute Gasteiger partial charge is 0.483 e. The number of nitrogens with zero attached hydrogens (tertiary/aromatic N) is 2. The molecule has 5 heteroatoms. The molecular formula is C25H29N3O2. The third kappa shape index (κ3) is 5.38. The van der Waals surface area contributed by atoms with E-state index in [1.54, 1.807) is 6.21 Å². The third-order valence-corrected chi connectivity index (χ3v) is 4.88. The topological polar surface area (TPSA) is 55.6 Å². The van der Waals surface area contributed by atoms with Gasteiger partial charge in [0.2, 0.25) is 0 Å². The molecule has 1 heterocycles. The number of nitrogens with one attached hydrogen (secondary N) is 1. The predicted octanol–water partition coefficient (Wildman–Crippen LogP) is 4.96. The zero-order valence-electron chi connectivity index (χ0n) is 18.1. The molecule has 5 nitrogen and oxygen atoms in total. The van der Waals surface area contributed by atoms with Gasteiger partial charge in [0, 0.05) is 29.1 Å². The molecule has 0 spiro atoms. The first-order valence-corrected chi connectivity index (χ1v) is 10.2. The average molecular weight is 404 g/mol. The standard InChI is InChI=1S/C25H29N3O2/c1-18(2)16-28-19(3)14-22(20(28)4)15-26-27-25(29)17-30-24-13-9-8-12-23(24)21-10-6-5-7-11-21/h5-15,18H,16-17H2,1-4H3,(H,27,29)/b26-15+. The van der Waals surface area contributed by atoms with E-state index in [0.717, 1.165) is 28.9 Å². The number of hydrogen-bond acceptors (Lipinski definition) is 3. The third-order valence-electron chi connectivity index (χ3n) is 4.88. The van der Waals surface area contributed by atoms with Crippen molar-refractivity contribution in [2.75, 3.05) is 6.61 Å². The number of amides is 1. The van der Waals surface area contributed by atoms with Crippen molar-refractivity contribution >= 4 is 12.1 Å². The molecule has 0 aliphatic rings. The summed E-state index contributed by atoms with van der Waals surface area (Å²) in [7, 11) is 0. The molecule has 3 rings (SSSR count). The Bertz CT molecular complexity index is 1020. The molecular weight excluding hydrogens is 374 g/mol. The fraction of sp³-hybridized carbons (Fsp3) is 0.280. The van der Waals surface area contributed by atoms with E-state index in [0.29, 0.717) is 11.7 Å². The number of aromatic nitrogens is 1. The van der Waals surface area contributed by atoms with E-state index >= 15 is 0 Å². The van der Waals surface area contributed by atoms with Crippen molar-refractivity contribution in [2.24, 2.45) is 11.0 Å². The Hall–Kier alpha value is -3.34. The van der Waals surface area contributed by atoms with Crippen LogP contribution in [0.1, 0.15) is 30.8 Å². The molecule has 0 atom stereocenters. The fourth-order valence-corrected chi connectivity index (χ4v) is 3.40. The van der Waals surface area contributed by atoms with Gasteiger partial charge in [0.05, 0.1) is 6.21 Å². The van der Waals surface area contributed by atoms with Crippen LogP contribution in [0.25, 0.3) is 11.1 Å². The molecule has 1 amide bonds. The highest BCUT2D eigenvalue weighted by Gasteiger charge is 2.10. The number of ether oxygens (including phenoxy) is 1. The summed E-state index contributed by atoms with van der Waals surface area (Å²) >= 11 is 0. The lowest BCUT2D eigenvalue weighted by Gasteiger charge is -2.11. The van der Waals surface area contributed by atoms with E-state index in [1.807, 2.05) is 54.6 Å². The number of hydrogen-bond donors (Lipinski definition) is 1. The Labute approximate surface area is 178 Å². The number of benzene rings is 2. The average Bonchev–Trinajstić information content (AvgIpc) is 3.00. The summed E-state index contributed by atoms with van der Waals surface area (Å²) in [5.41, 5.74) is 7.89. The lowest BCUT2D eigenvalue weighted by Crippen LogP contribution is -2.24. The lowest BCUT2D eigenvalue weighted by molar-refractivity contribution is -0.123. The van der Waals surface area contributed by atoms with Crippen molar-refractivity contribution in [1.29, 1.82) is 0 Å². The first kappa shape index (κ1) is 21.4. The second-order valence-electron chi connectivity index (χ2n) is 7.77. The van der Waals surface area contributed by atoms with Crippen molar-refractivity contribution in [2.45, 2.75) is 34.2 Å². The number of para-hydroxylation sites is 1. The highest BCUT2D eigenvalue weighted by atomic mass is 16.5. The van der Waals surface area contributed by atoms with Crippen LogP contribution >= 0.6 is 0 Å². The Morgan fingerprint density at radius 3 is 2.53 bits per heavy atom. The Kier molecular flexibility index (Phi) is 7.07. The minimum atomic E-state index is -0.301. The molecule has 0 unspecified atom stereocenters. The summed E-state index contributed by atoms with van der Waals surface area (Å²) in [4.78, 5) is 12.2. The summed E-state index contributed by atoms with van der Waals surface area (Å²) in [5, 5.41) is 4.11. The zero-order chi connectivity index (χ0) is 21.5. The van der Waals surface area contributed by atoms with Gasteiger partial charge < -0.3 is 9.30 Å². The number of carbonyl (C=O) groups excluding carboxylic acids is 1. The first-order chi connectivity index (χ1) is 14.5.